The van der Waals surface area contributed by atoms with Gasteiger partial charge in [-0.25, -0.2) is 8.42 Å². The van der Waals surface area contributed by atoms with Gasteiger partial charge in [-0.3, -0.25) is 9.78 Å². The van der Waals surface area contributed by atoms with E-state index in [4.69, 9.17) is 4.74 Å². The lowest BCUT2D eigenvalue weighted by Gasteiger charge is -2.26. The van der Waals surface area contributed by atoms with Gasteiger partial charge in [-0.2, -0.15) is 0 Å². The molecule has 2 atom stereocenters. The summed E-state index contributed by atoms with van der Waals surface area (Å²) < 4.78 is 32.2. The van der Waals surface area contributed by atoms with Gasteiger partial charge in [0.25, 0.3) is 0 Å². The zero-order valence-electron chi connectivity index (χ0n) is 20.9. The second kappa shape index (κ2) is 10.3. The molecule has 2 heterocycles. The maximum absolute atomic E-state index is 13.4. The van der Waals surface area contributed by atoms with Crippen molar-refractivity contribution >= 4 is 21.5 Å². The predicted molar refractivity (Wildman–Crippen MR) is 139 cm³/mol. The molecule has 0 spiro atoms. The van der Waals surface area contributed by atoms with Crippen LogP contribution in [0.5, 0.6) is 5.75 Å². The van der Waals surface area contributed by atoms with Crippen molar-refractivity contribution in [3.8, 4) is 16.9 Å². The standard InChI is InChI=1S/C27H31N3O5S/c1-5-35-27(32)25-23(17-36(33,34)19-11-7-6-8-12-19)30(4)22-14-20(18-10-9-13-28-15-18)26(31)21(24(22)25)16-29(2)3/h6-15,23,25,31H,5,16-17H2,1-4H3. The second-order valence-corrected chi connectivity index (χ2v) is 11.2. The molecular weight excluding hydrogens is 478 g/mol. The first-order valence-corrected chi connectivity index (χ1v) is 13.4. The largest absolute Gasteiger partial charge is 0.507 e. The SMILES string of the molecule is CCOC(=O)C1c2c(cc(-c3cccnc3)c(O)c2CN(C)C)N(C)C1CS(=O)(=O)c1ccccc1. The summed E-state index contributed by atoms with van der Waals surface area (Å²) in [4.78, 5) is 21.5. The molecule has 0 amide bonds. The first-order chi connectivity index (χ1) is 17.2. The first kappa shape index (κ1) is 25.7. The molecule has 0 saturated heterocycles. The summed E-state index contributed by atoms with van der Waals surface area (Å²) in [6.45, 7) is 2.23. The minimum atomic E-state index is -3.72. The number of pyridine rings is 1. The normalized spacial score (nSPS) is 17.3. The van der Waals surface area contributed by atoms with Gasteiger partial charge in [0, 0.05) is 48.4 Å². The molecule has 190 valence electrons. The third-order valence-corrected chi connectivity index (χ3v) is 8.25. The third kappa shape index (κ3) is 4.81. The Morgan fingerprint density at radius 3 is 2.50 bits per heavy atom. The summed E-state index contributed by atoms with van der Waals surface area (Å²) in [5.74, 6) is -1.63. The van der Waals surface area contributed by atoms with E-state index in [1.54, 1.807) is 62.8 Å². The number of phenolic OH excluding ortho intramolecular Hbond substituents is 1. The first-order valence-electron chi connectivity index (χ1n) is 11.8. The number of hydrogen-bond acceptors (Lipinski definition) is 8. The lowest BCUT2D eigenvalue weighted by molar-refractivity contribution is -0.145. The zero-order valence-corrected chi connectivity index (χ0v) is 21.7. The van der Waals surface area contributed by atoms with E-state index < -0.39 is 27.8 Å². The van der Waals surface area contributed by atoms with E-state index >= 15 is 0 Å². The number of ether oxygens (including phenoxy) is 1. The number of rotatable bonds is 8. The Labute approximate surface area is 212 Å². The van der Waals surface area contributed by atoms with Crippen LogP contribution < -0.4 is 4.90 Å². The van der Waals surface area contributed by atoms with Crippen LogP contribution >= 0.6 is 0 Å². The van der Waals surface area contributed by atoms with Crippen LogP contribution in [-0.4, -0.2) is 68.9 Å². The maximum Gasteiger partial charge on any atom is 0.315 e. The number of fused-ring (bicyclic) bond motifs is 1. The number of nitrogens with zero attached hydrogens (tertiary/aromatic N) is 3. The molecule has 0 aliphatic carbocycles. The monoisotopic (exact) mass is 509 g/mol. The highest BCUT2D eigenvalue weighted by Crippen LogP contribution is 2.50. The van der Waals surface area contributed by atoms with Crippen molar-refractivity contribution in [2.45, 2.75) is 30.3 Å². The summed E-state index contributed by atoms with van der Waals surface area (Å²) in [6.07, 6.45) is 3.32. The average Bonchev–Trinajstić information content (AvgIpc) is 3.12. The van der Waals surface area contributed by atoms with Crippen molar-refractivity contribution in [1.82, 2.24) is 9.88 Å². The van der Waals surface area contributed by atoms with Crippen molar-refractivity contribution in [1.29, 1.82) is 0 Å². The molecule has 1 aromatic heterocycles. The topological polar surface area (TPSA) is 100 Å². The number of aromatic nitrogens is 1. The molecule has 2 aromatic carbocycles. The Bertz CT molecular complexity index is 1340. The molecule has 3 aromatic rings. The van der Waals surface area contributed by atoms with Crippen LogP contribution in [0.2, 0.25) is 0 Å². The molecule has 0 fully saturated rings. The van der Waals surface area contributed by atoms with Gasteiger partial charge in [-0.1, -0.05) is 24.3 Å². The van der Waals surface area contributed by atoms with Gasteiger partial charge < -0.3 is 19.6 Å². The Morgan fingerprint density at radius 2 is 1.89 bits per heavy atom. The smallest absolute Gasteiger partial charge is 0.315 e. The van der Waals surface area contributed by atoms with Gasteiger partial charge in [0.05, 0.1) is 23.3 Å². The molecule has 9 heteroatoms. The molecule has 0 bridgehead atoms. The summed E-state index contributed by atoms with van der Waals surface area (Å²) in [6, 6.07) is 13.0. The highest BCUT2D eigenvalue weighted by atomic mass is 32.2. The Balaban J connectivity index is 1.91. The summed E-state index contributed by atoms with van der Waals surface area (Å²) in [5, 5.41) is 11.4. The van der Waals surface area contributed by atoms with Crippen LogP contribution in [0.25, 0.3) is 11.1 Å². The van der Waals surface area contributed by atoms with Crippen molar-refractivity contribution in [2.24, 2.45) is 0 Å². The maximum atomic E-state index is 13.4. The molecule has 0 saturated carbocycles. The zero-order chi connectivity index (χ0) is 26.0. The van der Waals surface area contributed by atoms with Gasteiger partial charge in [0.2, 0.25) is 0 Å². The van der Waals surface area contributed by atoms with E-state index in [0.717, 1.165) is 5.56 Å². The van der Waals surface area contributed by atoms with E-state index in [2.05, 4.69) is 4.98 Å². The molecule has 1 aliphatic rings. The van der Waals surface area contributed by atoms with Crippen LogP contribution in [0.3, 0.4) is 0 Å². The number of carbonyl (C=O) groups excluding carboxylic acids is 1. The second-order valence-electron chi connectivity index (χ2n) is 9.17. The average molecular weight is 510 g/mol. The Kier molecular flexibility index (Phi) is 7.33. The highest BCUT2D eigenvalue weighted by molar-refractivity contribution is 7.91. The summed E-state index contributed by atoms with van der Waals surface area (Å²) in [7, 11) is 1.81. The number of aromatic hydroxyl groups is 1. The molecule has 2 unspecified atom stereocenters. The number of carbonyl (C=O) groups is 1. The van der Waals surface area contributed by atoms with Gasteiger partial charge in [-0.05, 0) is 50.8 Å². The predicted octanol–water partition coefficient (Wildman–Crippen LogP) is 3.45. The van der Waals surface area contributed by atoms with Crippen LogP contribution in [0.4, 0.5) is 5.69 Å². The van der Waals surface area contributed by atoms with Gasteiger partial charge in [0.1, 0.15) is 11.7 Å². The summed E-state index contributed by atoms with van der Waals surface area (Å²) in [5.41, 5.74) is 3.15. The number of benzene rings is 2. The van der Waals surface area contributed by atoms with Crippen molar-refractivity contribution in [3.05, 3.63) is 72.1 Å². The van der Waals surface area contributed by atoms with Crippen LogP contribution in [0.1, 0.15) is 24.0 Å². The molecule has 0 radical (unpaired) electrons. The molecule has 1 N–H and O–H groups in total. The quantitative estimate of drug-likeness (QED) is 0.461. The highest BCUT2D eigenvalue weighted by Gasteiger charge is 2.47. The van der Waals surface area contributed by atoms with Gasteiger partial charge in [0.15, 0.2) is 9.84 Å². The number of esters is 1. The fourth-order valence-corrected chi connectivity index (χ4v) is 6.47. The Morgan fingerprint density at radius 1 is 1.17 bits per heavy atom. The van der Waals surface area contributed by atoms with E-state index in [9.17, 15) is 18.3 Å². The molecular formula is C27H31N3O5S. The molecule has 36 heavy (non-hydrogen) atoms. The van der Waals surface area contributed by atoms with Crippen molar-refractivity contribution in [3.63, 3.8) is 0 Å². The number of likely N-dealkylation sites (N-methyl/N-ethyl adjacent to an activating group) is 1. The fraction of sp³-hybridized carbons (Fsp3) is 0.333. The van der Waals surface area contributed by atoms with E-state index in [1.165, 1.54) is 0 Å². The van der Waals surface area contributed by atoms with Crippen molar-refractivity contribution < 1.29 is 23.1 Å². The van der Waals surface area contributed by atoms with Crippen LogP contribution in [-0.2, 0) is 25.9 Å². The Hall–Kier alpha value is -3.43. The lowest BCUT2D eigenvalue weighted by atomic mass is 9.88. The van der Waals surface area contributed by atoms with Crippen molar-refractivity contribution in [2.75, 3.05) is 38.4 Å². The van der Waals surface area contributed by atoms with Gasteiger partial charge >= 0.3 is 5.97 Å². The van der Waals surface area contributed by atoms with E-state index in [0.29, 0.717) is 28.9 Å². The number of anilines is 1. The number of hydrogen-bond donors (Lipinski definition) is 1. The molecule has 4 rings (SSSR count). The number of phenols is 1. The van der Waals surface area contributed by atoms with Gasteiger partial charge in [-0.15, -0.1) is 0 Å². The van der Waals surface area contributed by atoms with Crippen LogP contribution in [0, 0.1) is 0 Å². The molecule has 8 nitrogen and oxygen atoms in total. The minimum absolute atomic E-state index is 0.0460. The molecule has 1 aliphatic heterocycles. The lowest BCUT2D eigenvalue weighted by Crippen LogP contribution is -2.40. The van der Waals surface area contributed by atoms with E-state index in [1.807, 2.05) is 36.0 Å². The minimum Gasteiger partial charge on any atom is -0.507 e. The van der Waals surface area contributed by atoms with Crippen LogP contribution in [0.15, 0.2) is 65.8 Å². The third-order valence-electron chi connectivity index (χ3n) is 6.48. The summed E-state index contributed by atoms with van der Waals surface area (Å²) >= 11 is 0. The van der Waals surface area contributed by atoms with E-state index in [-0.39, 0.29) is 23.0 Å². The fourth-order valence-electron chi connectivity index (χ4n) is 4.84. The number of sulfone groups is 1.